The molecule has 0 fully saturated rings. The summed E-state index contributed by atoms with van der Waals surface area (Å²) in [6.07, 6.45) is -0.00619. The number of sulfonamides is 1. The molecule has 29 heavy (non-hydrogen) atoms. The molecule has 154 valence electrons. The molecule has 9 nitrogen and oxygen atoms in total. The summed E-state index contributed by atoms with van der Waals surface area (Å²) in [4.78, 5) is 23.0. The van der Waals surface area contributed by atoms with Gasteiger partial charge in [-0.25, -0.2) is 13.1 Å². The first-order valence-corrected chi connectivity index (χ1v) is 10.3. The molecule has 1 heterocycles. The molecule has 2 aromatic rings. The molecule has 3 rings (SSSR count). The van der Waals surface area contributed by atoms with Gasteiger partial charge in [-0.2, -0.15) is 0 Å². The van der Waals surface area contributed by atoms with Crippen LogP contribution in [0.1, 0.15) is 18.9 Å². The minimum Gasteiger partial charge on any atom is -0.454 e. The Labute approximate surface area is 168 Å². The SMILES string of the molecule is CC(=O)Nc1ccc(S(=O)(=O)NCCC(=O)NCc2ccc3c(c2)OCO3)cc1. The van der Waals surface area contributed by atoms with E-state index >= 15 is 0 Å². The largest absolute Gasteiger partial charge is 0.454 e. The Kier molecular flexibility index (Phi) is 6.35. The lowest BCUT2D eigenvalue weighted by Gasteiger charge is -2.09. The van der Waals surface area contributed by atoms with Gasteiger partial charge in [0.05, 0.1) is 4.90 Å². The lowest BCUT2D eigenvalue weighted by atomic mass is 10.2. The van der Waals surface area contributed by atoms with Crippen LogP contribution in [0.5, 0.6) is 11.5 Å². The molecule has 0 unspecified atom stereocenters. The second kappa shape index (κ2) is 8.93. The Bertz CT molecular complexity index is 1010. The summed E-state index contributed by atoms with van der Waals surface area (Å²) < 4.78 is 37.5. The monoisotopic (exact) mass is 419 g/mol. The van der Waals surface area contributed by atoms with E-state index in [0.29, 0.717) is 23.7 Å². The van der Waals surface area contributed by atoms with E-state index in [1.165, 1.54) is 31.2 Å². The van der Waals surface area contributed by atoms with E-state index in [4.69, 9.17) is 9.47 Å². The molecule has 3 N–H and O–H groups in total. The number of hydrogen-bond acceptors (Lipinski definition) is 6. The van der Waals surface area contributed by atoms with E-state index in [0.717, 1.165) is 5.56 Å². The summed E-state index contributed by atoms with van der Waals surface area (Å²) >= 11 is 0. The molecule has 0 bridgehead atoms. The van der Waals surface area contributed by atoms with Crippen molar-refractivity contribution in [3.05, 3.63) is 48.0 Å². The van der Waals surface area contributed by atoms with Gasteiger partial charge < -0.3 is 20.1 Å². The third-order valence-electron chi connectivity index (χ3n) is 4.06. The standard InChI is InChI=1S/C19H21N3O6S/c1-13(23)22-15-3-5-16(6-4-15)29(25,26)21-9-8-19(24)20-11-14-2-7-17-18(10-14)28-12-27-17/h2-7,10,21H,8-9,11-12H2,1H3,(H,20,24)(H,22,23). The zero-order valence-electron chi connectivity index (χ0n) is 15.7. The van der Waals surface area contributed by atoms with Crippen LogP contribution in [0, 0.1) is 0 Å². The van der Waals surface area contributed by atoms with Gasteiger partial charge in [-0.15, -0.1) is 0 Å². The van der Waals surface area contributed by atoms with Crippen LogP contribution >= 0.6 is 0 Å². The number of anilines is 1. The molecular weight excluding hydrogens is 398 g/mol. The van der Waals surface area contributed by atoms with E-state index in [2.05, 4.69) is 15.4 Å². The summed E-state index contributed by atoms with van der Waals surface area (Å²) in [5, 5.41) is 5.29. The molecule has 1 aliphatic rings. The number of carbonyl (C=O) groups excluding carboxylic acids is 2. The van der Waals surface area contributed by atoms with Gasteiger partial charge in [-0.3, -0.25) is 9.59 Å². The van der Waals surface area contributed by atoms with Crippen LogP contribution in [0.2, 0.25) is 0 Å². The highest BCUT2D eigenvalue weighted by molar-refractivity contribution is 7.89. The van der Waals surface area contributed by atoms with Crippen molar-refractivity contribution in [3.63, 3.8) is 0 Å². The molecule has 0 aliphatic carbocycles. The summed E-state index contributed by atoms with van der Waals surface area (Å²) in [6.45, 7) is 1.81. The Morgan fingerprint density at radius 3 is 2.48 bits per heavy atom. The van der Waals surface area contributed by atoms with Gasteiger partial charge in [0, 0.05) is 32.1 Å². The second-order valence-corrected chi connectivity index (χ2v) is 8.08. The Morgan fingerprint density at radius 2 is 1.76 bits per heavy atom. The smallest absolute Gasteiger partial charge is 0.240 e. The van der Waals surface area contributed by atoms with Gasteiger partial charge in [0.2, 0.25) is 28.6 Å². The molecule has 0 atom stereocenters. The van der Waals surface area contributed by atoms with E-state index in [-0.39, 0.29) is 36.5 Å². The molecular formula is C19H21N3O6S. The number of ether oxygens (including phenoxy) is 2. The van der Waals surface area contributed by atoms with Crippen molar-refractivity contribution in [2.45, 2.75) is 24.8 Å². The van der Waals surface area contributed by atoms with E-state index in [1.807, 2.05) is 6.07 Å². The van der Waals surface area contributed by atoms with Crippen LogP contribution in [-0.2, 0) is 26.2 Å². The fourth-order valence-corrected chi connectivity index (χ4v) is 3.67. The molecule has 0 radical (unpaired) electrons. The van der Waals surface area contributed by atoms with Crippen molar-refractivity contribution in [2.24, 2.45) is 0 Å². The first kappa shape index (κ1) is 20.6. The average molecular weight is 419 g/mol. The topological polar surface area (TPSA) is 123 Å². The highest BCUT2D eigenvalue weighted by Crippen LogP contribution is 2.32. The fraction of sp³-hybridized carbons (Fsp3) is 0.263. The molecule has 0 aromatic heterocycles. The molecule has 1 aliphatic heterocycles. The van der Waals surface area contributed by atoms with Crippen LogP contribution in [-0.4, -0.2) is 33.6 Å². The molecule has 2 aromatic carbocycles. The highest BCUT2D eigenvalue weighted by Gasteiger charge is 2.15. The van der Waals surface area contributed by atoms with Gasteiger partial charge in [0.1, 0.15) is 0 Å². The molecule has 0 saturated heterocycles. The fourth-order valence-electron chi connectivity index (χ4n) is 2.64. The molecule has 0 saturated carbocycles. The number of rotatable bonds is 8. The Morgan fingerprint density at radius 1 is 1.03 bits per heavy atom. The van der Waals surface area contributed by atoms with E-state index in [1.54, 1.807) is 12.1 Å². The first-order valence-electron chi connectivity index (χ1n) is 8.86. The third-order valence-corrected chi connectivity index (χ3v) is 5.53. The highest BCUT2D eigenvalue weighted by atomic mass is 32.2. The zero-order valence-corrected chi connectivity index (χ0v) is 16.5. The second-order valence-electron chi connectivity index (χ2n) is 6.32. The van der Waals surface area contributed by atoms with Crippen molar-refractivity contribution in [2.75, 3.05) is 18.7 Å². The lowest BCUT2D eigenvalue weighted by Crippen LogP contribution is -2.30. The Hall–Kier alpha value is -3.11. The Balaban J connectivity index is 1.44. The summed E-state index contributed by atoms with van der Waals surface area (Å²) in [6, 6.07) is 11.1. The van der Waals surface area contributed by atoms with Crippen LogP contribution in [0.4, 0.5) is 5.69 Å². The summed E-state index contributed by atoms with van der Waals surface area (Å²) in [5.74, 6) is 0.769. The van der Waals surface area contributed by atoms with Gasteiger partial charge in [-0.05, 0) is 42.0 Å². The van der Waals surface area contributed by atoms with Crippen molar-refractivity contribution >= 4 is 27.5 Å². The lowest BCUT2D eigenvalue weighted by molar-refractivity contribution is -0.121. The van der Waals surface area contributed by atoms with Gasteiger partial charge >= 0.3 is 0 Å². The number of nitrogens with one attached hydrogen (secondary N) is 3. The van der Waals surface area contributed by atoms with Gasteiger partial charge in [0.15, 0.2) is 11.5 Å². The van der Waals surface area contributed by atoms with Crippen molar-refractivity contribution < 1.29 is 27.5 Å². The maximum Gasteiger partial charge on any atom is 0.240 e. The number of carbonyl (C=O) groups is 2. The normalized spacial score (nSPS) is 12.4. The summed E-state index contributed by atoms with van der Waals surface area (Å²) in [7, 11) is -3.75. The van der Waals surface area contributed by atoms with Crippen molar-refractivity contribution in [1.82, 2.24) is 10.0 Å². The van der Waals surface area contributed by atoms with Crippen LogP contribution in [0.3, 0.4) is 0 Å². The van der Waals surface area contributed by atoms with Crippen molar-refractivity contribution in [3.8, 4) is 11.5 Å². The first-order chi connectivity index (χ1) is 13.8. The van der Waals surface area contributed by atoms with E-state index in [9.17, 15) is 18.0 Å². The van der Waals surface area contributed by atoms with Gasteiger partial charge in [-0.1, -0.05) is 6.07 Å². The predicted octanol–water partition coefficient (Wildman–Crippen LogP) is 1.36. The molecule has 2 amide bonds. The minimum absolute atomic E-state index is 0.00619. The number of amides is 2. The quantitative estimate of drug-likeness (QED) is 0.594. The molecule has 10 heteroatoms. The maximum atomic E-state index is 12.3. The van der Waals surface area contributed by atoms with Crippen LogP contribution < -0.4 is 24.8 Å². The third kappa shape index (κ3) is 5.69. The van der Waals surface area contributed by atoms with Crippen molar-refractivity contribution in [1.29, 1.82) is 0 Å². The van der Waals surface area contributed by atoms with Crippen LogP contribution in [0.15, 0.2) is 47.4 Å². The number of benzene rings is 2. The van der Waals surface area contributed by atoms with Crippen LogP contribution in [0.25, 0.3) is 0 Å². The maximum absolute atomic E-state index is 12.3. The van der Waals surface area contributed by atoms with E-state index < -0.39 is 10.0 Å². The average Bonchev–Trinajstić information content (AvgIpc) is 3.14. The minimum atomic E-state index is -3.75. The van der Waals surface area contributed by atoms with Gasteiger partial charge in [0.25, 0.3) is 0 Å². The zero-order chi connectivity index (χ0) is 20.9. The predicted molar refractivity (Wildman–Crippen MR) is 105 cm³/mol. The number of fused-ring (bicyclic) bond motifs is 1. The number of hydrogen-bond donors (Lipinski definition) is 3. The molecule has 0 spiro atoms. The summed E-state index contributed by atoms with van der Waals surface area (Å²) in [5.41, 5.74) is 1.35.